The highest BCUT2D eigenvalue weighted by Gasteiger charge is 2.50. The molecule has 0 amide bonds. The summed E-state index contributed by atoms with van der Waals surface area (Å²) in [6.45, 7) is 3.62. The first-order valence-electron chi connectivity index (χ1n) is 18.4. The number of hydrogen-bond donors (Lipinski definition) is 6. The average molecular weight is 772 g/mol. The van der Waals surface area contributed by atoms with Gasteiger partial charge in [-0.2, -0.15) is 0 Å². The summed E-state index contributed by atoms with van der Waals surface area (Å²) in [6, 6.07) is 3.85. The molecule has 0 spiro atoms. The Morgan fingerprint density at radius 2 is 1.62 bits per heavy atom. The Bertz CT molecular complexity index is 1790. The van der Waals surface area contributed by atoms with Gasteiger partial charge in [0.25, 0.3) is 0 Å². The number of nitrogens with one attached hydrogen (secondary N) is 1. The van der Waals surface area contributed by atoms with Crippen LogP contribution in [0.4, 0.5) is 0 Å². The van der Waals surface area contributed by atoms with E-state index < -0.39 is 114 Å². The van der Waals surface area contributed by atoms with Gasteiger partial charge in [-0.05, 0) is 32.4 Å². The van der Waals surface area contributed by atoms with Crippen LogP contribution in [0.25, 0.3) is 0 Å². The maximum Gasteiger partial charge on any atom is 0.305 e. The molecular weight excluding hydrogens is 722 g/mol. The number of methoxy groups -OCH3 is 1. The van der Waals surface area contributed by atoms with Crippen LogP contribution in [0.1, 0.15) is 121 Å². The summed E-state index contributed by atoms with van der Waals surface area (Å²) in [7, 11) is 1.32. The molecule has 2 aromatic carbocycles. The molecule has 1 fully saturated rings. The summed E-state index contributed by atoms with van der Waals surface area (Å²) in [5.74, 6) is -4.92. The van der Waals surface area contributed by atoms with E-state index >= 15 is 0 Å². The van der Waals surface area contributed by atoms with Crippen LogP contribution in [0.15, 0.2) is 18.2 Å². The number of aliphatic hydroxyl groups excluding tert-OH is 2. The Balaban J connectivity index is 1.30. The van der Waals surface area contributed by atoms with Crippen LogP contribution in [0.3, 0.4) is 0 Å². The number of fused-ring (bicyclic) bond motifs is 3. The molecule has 300 valence electrons. The second-order valence-electron chi connectivity index (χ2n) is 14.3. The number of ether oxygens (including phenoxy) is 5. The molecule has 2 aliphatic carbocycles. The second kappa shape index (κ2) is 17.6. The normalized spacial score (nSPS) is 24.5. The van der Waals surface area contributed by atoms with Crippen LogP contribution in [0, 0.1) is 0 Å². The first-order chi connectivity index (χ1) is 26.1. The lowest BCUT2D eigenvalue weighted by Crippen LogP contribution is -2.54. The zero-order valence-electron chi connectivity index (χ0n) is 31.3. The lowest BCUT2D eigenvalue weighted by atomic mass is 9.72. The number of rotatable bonds is 16. The molecule has 0 saturated carbocycles. The van der Waals surface area contributed by atoms with E-state index in [-0.39, 0.29) is 34.4 Å². The predicted molar refractivity (Wildman–Crippen MR) is 191 cm³/mol. The van der Waals surface area contributed by atoms with Crippen molar-refractivity contribution < 1.29 is 73.2 Å². The number of esters is 2. The Labute approximate surface area is 317 Å². The van der Waals surface area contributed by atoms with Gasteiger partial charge in [-0.15, -0.1) is 0 Å². The lowest BCUT2D eigenvalue weighted by Gasteiger charge is -2.43. The van der Waals surface area contributed by atoms with Crippen molar-refractivity contribution in [3.8, 4) is 17.2 Å². The van der Waals surface area contributed by atoms with Crippen LogP contribution in [-0.4, -0.2) is 112 Å². The summed E-state index contributed by atoms with van der Waals surface area (Å²) in [5, 5.41) is 58.9. The second-order valence-corrected chi connectivity index (χ2v) is 14.3. The van der Waals surface area contributed by atoms with Gasteiger partial charge < -0.3 is 54.5 Å². The van der Waals surface area contributed by atoms with Crippen molar-refractivity contribution in [2.45, 2.75) is 121 Å². The highest BCUT2D eigenvalue weighted by molar-refractivity contribution is 6.31. The molecule has 16 heteroatoms. The molecule has 55 heavy (non-hydrogen) atoms. The average Bonchev–Trinajstić information content (AvgIpc) is 3.13. The van der Waals surface area contributed by atoms with Gasteiger partial charge in [-0.3, -0.25) is 24.0 Å². The number of carbonyl (C=O) groups is 5. The molecule has 1 aliphatic heterocycles. The molecule has 5 rings (SSSR count). The number of phenols is 2. The molecule has 1 heterocycles. The van der Waals surface area contributed by atoms with Crippen LogP contribution >= 0.6 is 0 Å². The standard InChI is InChI=1S/C39H49NO15/c1-19-34(45)24(40-14-9-7-5-6-8-13-28(53-20(2)42)54-21(3)43)15-29(52-19)55-26-17-39(50,27(44)18-41)16-23-31(26)38(49)33-32(36(23)47)35(46)22-11-10-12-25(51-4)30(22)37(33)48/h10-12,19,24,26,28-29,34,40-41,45,47,49-50H,5-9,13-18H2,1-4H3/t19?,24?,26-,29?,34?,39-/m0/s1. The fraction of sp³-hybridized carbons (Fsp3) is 0.564. The first-order valence-corrected chi connectivity index (χ1v) is 18.4. The summed E-state index contributed by atoms with van der Waals surface area (Å²) < 4.78 is 27.7. The van der Waals surface area contributed by atoms with Gasteiger partial charge in [0.15, 0.2) is 17.9 Å². The number of unbranched alkanes of at least 4 members (excludes halogenated alkanes) is 4. The summed E-state index contributed by atoms with van der Waals surface area (Å²) in [4.78, 5) is 63.1. The zero-order valence-corrected chi connectivity index (χ0v) is 31.3. The summed E-state index contributed by atoms with van der Waals surface area (Å²) in [5.41, 5.74) is -3.74. The summed E-state index contributed by atoms with van der Waals surface area (Å²) >= 11 is 0. The van der Waals surface area contributed by atoms with Crippen molar-refractivity contribution in [3.05, 3.63) is 51.6 Å². The van der Waals surface area contributed by atoms with Crippen LogP contribution in [-0.2, 0) is 39.8 Å². The third-order valence-electron chi connectivity index (χ3n) is 10.4. The highest BCUT2D eigenvalue weighted by atomic mass is 16.7. The summed E-state index contributed by atoms with van der Waals surface area (Å²) in [6.07, 6.45) is -1.70. The Morgan fingerprint density at radius 1 is 0.964 bits per heavy atom. The quantitative estimate of drug-likeness (QED) is 0.0530. The van der Waals surface area contributed by atoms with Crippen molar-refractivity contribution in [2.75, 3.05) is 20.3 Å². The molecular formula is C39H49NO15. The molecule has 6 atom stereocenters. The van der Waals surface area contributed by atoms with Crippen molar-refractivity contribution in [1.82, 2.24) is 5.32 Å². The van der Waals surface area contributed by atoms with E-state index in [9.17, 15) is 49.5 Å². The Morgan fingerprint density at radius 3 is 2.27 bits per heavy atom. The molecule has 0 bridgehead atoms. The third kappa shape index (κ3) is 8.84. The van der Waals surface area contributed by atoms with Crippen LogP contribution in [0.2, 0.25) is 0 Å². The van der Waals surface area contributed by atoms with Crippen molar-refractivity contribution in [3.63, 3.8) is 0 Å². The van der Waals surface area contributed by atoms with E-state index in [1.54, 1.807) is 6.92 Å². The van der Waals surface area contributed by atoms with E-state index in [0.29, 0.717) is 19.4 Å². The van der Waals surface area contributed by atoms with Crippen molar-refractivity contribution in [1.29, 1.82) is 0 Å². The lowest BCUT2D eigenvalue weighted by molar-refractivity contribution is -0.249. The van der Waals surface area contributed by atoms with E-state index in [4.69, 9.17) is 23.7 Å². The number of aromatic hydroxyl groups is 2. The van der Waals surface area contributed by atoms with Crippen LogP contribution in [0.5, 0.6) is 17.2 Å². The van der Waals surface area contributed by atoms with Gasteiger partial charge in [-0.1, -0.05) is 31.4 Å². The highest BCUT2D eigenvalue weighted by Crippen LogP contribution is 2.52. The van der Waals surface area contributed by atoms with E-state index in [1.807, 2.05) is 0 Å². The number of carbonyl (C=O) groups excluding carboxylic acids is 5. The molecule has 1 saturated heterocycles. The first kappa shape index (κ1) is 41.7. The molecule has 3 aliphatic rings. The number of hydrogen-bond acceptors (Lipinski definition) is 16. The van der Waals surface area contributed by atoms with E-state index in [1.165, 1.54) is 39.2 Å². The molecule has 2 aromatic rings. The SMILES string of the molecule is COc1cccc2c1C(=O)c1c(O)c3c(c(O)c1C2=O)C[C@@](O)(C(=O)CO)C[C@@H]3OC1CC(NCCCCCCCC(OC(C)=O)OC(C)=O)C(O)C(C)O1. The van der Waals surface area contributed by atoms with Crippen molar-refractivity contribution in [2.24, 2.45) is 0 Å². The van der Waals surface area contributed by atoms with Gasteiger partial charge in [-0.25, -0.2) is 0 Å². The van der Waals surface area contributed by atoms with E-state index in [2.05, 4.69) is 5.32 Å². The topological polar surface area (TPSA) is 245 Å². The van der Waals surface area contributed by atoms with Gasteiger partial charge in [0.05, 0.1) is 42.1 Å². The van der Waals surface area contributed by atoms with Crippen molar-refractivity contribution >= 4 is 29.3 Å². The molecule has 0 aromatic heterocycles. The smallest absolute Gasteiger partial charge is 0.305 e. The monoisotopic (exact) mass is 771 g/mol. The van der Waals surface area contributed by atoms with Gasteiger partial charge in [0.1, 0.15) is 29.5 Å². The van der Waals surface area contributed by atoms with Gasteiger partial charge >= 0.3 is 11.9 Å². The number of aliphatic hydroxyl groups is 3. The maximum absolute atomic E-state index is 13.9. The van der Waals surface area contributed by atoms with Crippen LogP contribution < -0.4 is 10.1 Å². The Kier molecular flexibility index (Phi) is 13.3. The molecule has 4 unspecified atom stereocenters. The van der Waals surface area contributed by atoms with Gasteiger partial charge in [0.2, 0.25) is 12.1 Å². The van der Waals surface area contributed by atoms with E-state index in [0.717, 1.165) is 25.7 Å². The molecule has 6 N–H and O–H groups in total. The minimum Gasteiger partial charge on any atom is -0.507 e. The fourth-order valence-corrected chi connectivity index (χ4v) is 7.68. The molecule has 0 radical (unpaired) electrons. The third-order valence-corrected chi connectivity index (χ3v) is 10.4. The predicted octanol–water partition coefficient (Wildman–Crippen LogP) is 2.43. The minimum atomic E-state index is -2.29. The Hall–Kier alpha value is -4.45. The fourth-order valence-electron chi connectivity index (χ4n) is 7.68. The van der Waals surface area contributed by atoms with Gasteiger partial charge in [0, 0.05) is 62.3 Å². The number of Topliss-reactive ketones (excluding diaryl/α,β-unsaturated/α-hetero) is 1. The minimum absolute atomic E-state index is 0.0656. The maximum atomic E-state index is 13.9. The number of benzene rings is 2. The zero-order chi connectivity index (χ0) is 40.2. The largest absolute Gasteiger partial charge is 0.507 e. The molecule has 16 nitrogen and oxygen atoms in total. The number of ketones is 3. The number of phenolic OH excluding ortho intramolecular Hbond substituents is 2.